The van der Waals surface area contributed by atoms with Crippen LogP contribution in [0, 0.1) is 0 Å². The number of aliphatic hydroxyl groups is 1. The smallest absolute Gasteiger partial charge is 0.302 e. The number of furan rings is 1. The van der Waals surface area contributed by atoms with Gasteiger partial charge in [0.15, 0.2) is 4.67 Å². The standard InChI is InChI=1S/C19H14BrN3O5S/c1-2-27-11-5-3-10(4-6-11)16(24)14-15(12-7-8-13(20)28-12)23(18(26)17(14)25)19-22-21-9-29-19/h3-9,15,24H,2H2,1H3/b16-14+. The van der Waals surface area contributed by atoms with Crippen molar-refractivity contribution in [1.82, 2.24) is 10.2 Å². The zero-order chi connectivity index (χ0) is 20.5. The second kappa shape index (κ2) is 7.80. The summed E-state index contributed by atoms with van der Waals surface area (Å²) in [6.45, 7) is 2.37. The number of hydrogen-bond acceptors (Lipinski definition) is 8. The normalized spacial score (nSPS) is 18.4. The Bertz CT molecular complexity index is 1090. The molecule has 3 heterocycles. The largest absolute Gasteiger partial charge is 0.507 e. The van der Waals surface area contributed by atoms with Crippen molar-refractivity contribution in [1.29, 1.82) is 0 Å². The van der Waals surface area contributed by atoms with Gasteiger partial charge in [-0.3, -0.25) is 14.5 Å². The van der Waals surface area contributed by atoms with Gasteiger partial charge in [-0.05, 0) is 59.3 Å². The minimum absolute atomic E-state index is 0.0868. The average Bonchev–Trinajstić information content (AvgIpc) is 3.43. The lowest BCUT2D eigenvalue weighted by Gasteiger charge is -2.20. The first-order valence-electron chi connectivity index (χ1n) is 8.57. The molecule has 10 heteroatoms. The number of ketones is 1. The molecule has 1 atom stereocenters. The van der Waals surface area contributed by atoms with Crippen molar-refractivity contribution in [2.45, 2.75) is 13.0 Å². The highest BCUT2D eigenvalue weighted by Gasteiger charge is 2.49. The van der Waals surface area contributed by atoms with Crippen LogP contribution < -0.4 is 9.64 Å². The Balaban J connectivity index is 1.86. The van der Waals surface area contributed by atoms with E-state index in [1.165, 1.54) is 10.4 Å². The van der Waals surface area contributed by atoms with Crippen molar-refractivity contribution in [2.75, 3.05) is 11.5 Å². The van der Waals surface area contributed by atoms with E-state index >= 15 is 0 Å². The van der Waals surface area contributed by atoms with Crippen molar-refractivity contribution in [3.05, 3.63) is 63.5 Å². The van der Waals surface area contributed by atoms with Crippen LogP contribution in [-0.4, -0.2) is 33.6 Å². The number of carbonyl (C=O) groups is 2. The van der Waals surface area contributed by atoms with Gasteiger partial charge in [-0.25, -0.2) is 0 Å². The highest BCUT2D eigenvalue weighted by atomic mass is 79.9. The second-order valence-corrected chi connectivity index (χ2v) is 7.58. The molecule has 2 aromatic heterocycles. The lowest BCUT2D eigenvalue weighted by molar-refractivity contribution is -0.132. The van der Waals surface area contributed by atoms with Crippen molar-refractivity contribution in [2.24, 2.45) is 0 Å². The van der Waals surface area contributed by atoms with Crippen LogP contribution in [0.3, 0.4) is 0 Å². The van der Waals surface area contributed by atoms with Gasteiger partial charge in [0, 0.05) is 5.56 Å². The summed E-state index contributed by atoms with van der Waals surface area (Å²) in [5.74, 6) is -1.02. The van der Waals surface area contributed by atoms with E-state index in [-0.39, 0.29) is 16.5 Å². The Morgan fingerprint density at radius 1 is 1.28 bits per heavy atom. The maximum absolute atomic E-state index is 12.9. The Kier molecular flexibility index (Phi) is 5.20. The van der Waals surface area contributed by atoms with Crippen LogP contribution in [0.1, 0.15) is 24.3 Å². The third-order valence-corrected chi connectivity index (χ3v) is 5.42. The fourth-order valence-corrected chi connectivity index (χ4v) is 3.98. The van der Waals surface area contributed by atoms with Crippen molar-refractivity contribution >= 4 is 49.8 Å². The number of aromatic nitrogens is 2. The zero-order valence-corrected chi connectivity index (χ0v) is 17.4. The summed E-state index contributed by atoms with van der Waals surface area (Å²) in [6, 6.07) is 8.89. The molecule has 1 aromatic carbocycles. The summed E-state index contributed by atoms with van der Waals surface area (Å²) in [7, 11) is 0. The molecule has 1 amide bonds. The summed E-state index contributed by atoms with van der Waals surface area (Å²) in [6.07, 6.45) is 0. The van der Waals surface area contributed by atoms with Gasteiger partial charge in [0.1, 0.15) is 28.8 Å². The fourth-order valence-electron chi connectivity index (χ4n) is 3.08. The zero-order valence-electron chi connectivity index (χ0n) is 15.0. The summed E-state index contributed by atoms with van der Waals surface area (Å²) < 4.78 is 11.5. The lowest BCUT2D eigenvalue weighted by Crippen LogP contribution is -2.29. The number of nitrogens with zero attached hydrogens (tertiary/aromatic N) is 3. The second-order valence-electron chi connectivity index (χ2n) is 5.99. The number of aliphatic hydroxyl groups excluding tert-OH is 1. The van der Waals surface area contributed by atoms with Gasteiger partial charge in [0.05, 0.1) is 12.2 Å². The highest BCUT2D eigenvalue weighted by molar-refractivity contribution is 9.10. The maximum Gasteiger partial charge on any atom is 0.302 e. The van der Waals surface area contributed by atoms with Gasteiger partial charge in [-0.2, -0.15) is 0 Å². The van der Waals surface area contributed by atoms with Crippen molar-refractivity contribution in [3.63, 3.8) is 0 Å². The molecule has 0 saturated carbocycles. The molecule has 1 aliphatic rings. The Morgan fingerprint density at radius 3 is 2.62 bits per heavy atom. The SMILES string of the molecule is CCOc1ccc(/C(O)=C2\C(=O)C(=O)N(c3nncs3)C2c2ccc(Br)o2)cc1. The molecule has 0 spiro atoms. The molecule has 0 aliphatic carbocycles. The molecule has 148 valence electrons. The molecule has 1 aliphatic heterocycles. The van der Waals surface area contributed by atoms with Crippen LogP contribution in [0.25, 0.3) is 5.76 Å². The van der Waals surface area contributed by atoms with Crippen LogP contribution in [-0.2, 0) is 9.59 Å². The molecule has 4 rings (SSSR count). The maximum atomic E-state index is 12.9. The fraction of sp³-hybridized carbons (Fsp3) is 0.158. The monoisotopic (exact) mass is 475 g/mol. The number of benzene rings is 1. The number of ether oxygens (including phenoxy) is 1. The molecule has 1 fully saturated rings. The molecule has 29 heavy (non-hydrogen) atoms. The predicted molar refractivity (Wildman–Crippen MR) is 109 cm³/mol. The van der Waals surface area contributed by atoms with Crippen molar-refractivity contribution in [3.8, 4) is 5.75 Å². The van der Waals surface area contributed by atoms with Crippen LogP contribution in [0.15, 0.2) is 56.6 Å². The minimum Gasteiger partial charge on any atom is -0.507 e. The van der Waals surface area contributed by atoms with Gasteiger partial charge in [-0.15, -0.1) is 10.2 Å². The molecule has 0 radical (unpaired) electrons. The molecule has 8 nitrogen and oxygen atoms in total. The van der Waals surface area contributed by atoms with Gasteiger partial charge >= 0.3 is 5.91 Å². The molecule has 0 bridgehead atoms. The van der Waals surface area contributed by atoms with Crippen LogP contribution in [0.4, 0.5) is 5.13 Å². The van der Waals surface area contributed by atoms with Gasteiger partial charge < -0.3 is 14.3 Å². The number of amides is 1. The summed E-state index contributed by atoms with van der Waals surface area (Å²) >= 11 is 4.33. The number of rotatable bonds is 5. The van der Waals surface area contributed by atoms with E-state index in [1.807, 2.05) is 6.92 Å². The first-order valence-corrected chi connectivity index (χ1v) is 10.2. The lowest BCUT2D eigenvalue weighted by atomic mass is 9.99. The van der Waals surface area contributed by atoms with Crippen molar-refractivity contribution < 1.29 is 23.8 Å². The topological polar surface area (TPSA) is 106 Å². The molecule has 1 unspecified atom stereocenters. The van der Waals surface area contributed by atoms with Crippen LogP contribution in [0.2, 0.25) is 0 Å². The Labute approximate surface area is 177 Å². The predicted octanol–water partition coefficient (Wildman–Crippen LogP) is 3.92. The first-order chi connectivity index (χ1) is 14.0. The summed E-state index contributed by atoms with van der Waals surface area (Å²) in [4.78, 5) is 26.8. The quantitative estimate of drug-likeness (QED) is 0.338. The van der Waals surface area contributed by atoms with Crippen LogP contribution >= 0.6 is 27.3 Å². The average molecular weight is 476 g/mol. The third-order valence-electron chi connectivity index (χ3n) is 4.30. The van der Waals surface area contributed by atoms with E-state index in [0.717, 1.165) is 11.3 Å². The summed E-state index contributed by atoms with van der Waals surface area (Å²) in [5, 5.41) is 18.8. The van der Waals surface area contributed by atoms with E-state index in [4.69, 9.17) is 9.15 Å². The van der Waals surface area contributed by atoms with E-state index in [1.54, 1.807) is 36.4 Å². The van der Waals surface area contributed by atoms with Gasteiger partial charge in [-0.1, -0.05) is 11.3 Å². The number of carbonyl (C=O) groups excluding carboxylic acids is 2. The van der Waals surface area contributed by atoms with Crippen LogP contribution in [0.5, 0.6) is 5.75 Å². The molecular weight excluding hydrogens is 462 g/mol. The minimum atomic E-state index is -0.971. The number of hydrogen-bond donors (Lipinski definition) is 1. The number of Topliss-reactive ketones (excluding diaryl/α,β-unsaturated/α-hetero) is 1. The third kappa shape index (κ3) is 3.45. The molecule has 1 saturated heterocycles. The molecule has 1 N–H and O–H groups in total. The van der Waals surface area contributed by atoms with E-state index in [2.05, 4.69) is 26.1 Å². The number of halogens is 1. The highest BCUT2D eigenvalue weighted by Crippen LogP contribution is 2.43. The number of anilines is 1. The summed E-state index contributed by atoms with van der Waals surface area (Å²) in [5.41, 5.74) is 1.74. The molecule has 3 aromatic rings. The first kappa shape index (κ1) is 19.3. The van der Waals surface area contributed by atoms with Gasteiger partial charge in [0.25, 0.3) is 5.78 Å². The molecular formula is C19H14BrN3O5S. The van der Waals surface area contributed by atoms with E-state index < -0.39 is 17.7 Å². The van der Waals surface area contributed by atoms with Gasteiger partial charge in [0.2, 0.25) is 5.13 Å². The van der Waals surface area contributed by atoms with E-state index in [0.29, 0.717) is 28.3 Å². The Hall–Kier alpha value is -2.98. The van der Waals surface area contributed by atoms with E-state index in [9.17, 15) is 14.7 Å². The Morgan fingerprint density at radius 2 is 2.03 bits per heavy atom.